The van der Waals surface area contributed by atoms with Gasteiger partial charge in [0.2, 0.25) is 15.9 Å². The summed E-state index contributed by atoms with van der Waals surface area (Å²) >= 11 is 6.15. The molecule has 1 fully saturated rings. The molecule has 0 aliphatic carbocycles. The van der Waals surface area contributed by atoms with Crippen LogP contribution in [0.1, 0.15) is 35.4 Å². The lowest BCUT2D eigenvalue weighted by Gasteiger charge is -2.22. The Morgan fingerprint density at radius 2 is 1.93 bits per heavy atom. The van der Waals surface area contributed by atoms with E-state index in [0.717, 1.165) is 11.1 Å². The minimum atomic E-state index is -3.69. The number of benzene rings is 1. The number of carbonyl (C=O) groups excluding carboxylic acids is 1. The third-order valence-electron chi connectivity index (χ3n) is 5.24. The Bertz CT molecular complexity index is 984. The lowest BCUT2D eigenvalue weighted by atomic mass is 10.1. The van der Waals surface area contributed by atoms with Crippen molar-refractivity contribution in [3.63, 3.8) is 0 Å². The molecule has 1 saturated heterocycles. The summed E-state index contributed by atoms with van der Waals surface area (Å²) in [5.74, 6) is 0.315. The average Bonchev–Trinajstić information content (AvgIpc) is 2.87. The molecule has 0 spiro atoms. The highest BCUT2D eigenvalue weighted by Crippen LogP contribution is 2.24. The fraction of sp³-hybridized carbons (Fsp3) is 0.500. The number of halogens is 1. The maximum Gasteiger partial charge on any atom is 0.248 e. The van der Waals surface area contributed by atoms with Crippen molar-refractivity contribution in [3.8, 4) is 0 Å². The first-order valence-electron chi connectivity index (χ1n) is 9.66. The highest BCUT2D eigenvalue weighted by molar-refractivity contribution is 7.89. The van der Waals surface area contributed by atoms with E-state index >= 15 is 0 Å². The first-order chi connectivity index (χ1) is 13.7. The van der Waals surface area contributed by atoms with Crippen molar-refractivity contribution >= 4 is 27.5 Å². The summed E-state index contributed by atoms with van der Waals surface area (Å²) in [6, 6.07) is 5.82. The summed E-state index contributed by atoms with van der Waals surface area (Å²) < 4.78 is 32.4. The Labute approximate surface area is 176 Å². The van der Waals surface area contributed by atoms with Crippen LogP contribution in [0.5, 0.6) is 0 Å². The van der Waals surface area contributed by atoms with E-state index in [4.69, 9.17) is 16.1 Å². The molecule has 29 heavy (non-hydrogen) atoms. The summed E-state index contributed by atoms with van der Waals surface area (Å²) in [4.78, 5) is 14.6. The smallest absolute Gasteiger partial charge is 0.248 e. The molecule has 3 rings (SSSR count). The Morgan fingerprint density at radius 3 is 2.59 bits per heavy atom. The van der Waals surface area contributed by atoms with Crippen LogP contribution in [0.3, 0.4) is 0 Å². The molecule has 1 aromatic carbocycles. The summed E-state index contributed by atoms with van der Waals surface area (Å²) in [5, 5.41) is 4.45. The number of hydrogen-bond acceptors (Lipinski definition) is 5. The molecule has 1 aliphatic rings. The highest BCUT2D eigenvalue weighted by Gasteiger charge is 2.32. The van der Waals surface area contributed by atoms with Crippen LogP contribution >= 0.6 is 11.6 Å². The van der Waals surface area contributed by atoms with Crippen LogP contribution in [-0.4, -0.2) is 54.9 Å². The van der Waals surface area contributed by atoms with E-state index in [0.29, 0.717) is 49.6 Å². The van der Waals surface area contributed by atoms with Gasteiger partial charge in [-0.15, -0.1) is 0 Å². The summed E-state index contributed by atoms with van der Waals surface area (Å²) in [7, 11) is -3.69. The van der Waals surface area contributed by atoms with E-state index in [1.807, 2.05) is 25.1 Å². The minimum absolute atomic E-state index is 0.0262. The molecule has 2 heterocycles. The molecule has 0 unspecified atom stereocenters. The van der Waals surface area contributed by atoms with E-state index in [1.165, 1.54) is 4.31 Å². The van der Waals surface area contributed by atoms with Gasteiger partial charge >= 0.3 is 0 Å². The lowest BCUT2D eigenvalue weighted by molar-refractivity contribution is -0.131. The molecule has 0 N–H and O–H groups in total. The summed E-state index contributed by atoms with van der Waals surface area (Å²) in [6.07, 6.45) is 1.57. The monoisotopic (exact) mass is 439 g/mol. The molecule has 1 amide bonds. The number of amides is 1. The van der Waals surface area contributed by atoms with Crippen molar-refractivity contribution in [2.45, 2.75) is 44.9 Å². The SMILES string of the molecule is Cc1ccc(CCC(=O)N2CCCN(S(=O)(=O)c3c(C)noc3C)CC2)cc1Cl. The van der Waals surface area contributed by atoms with Gasteiger partial charge in [-0.25, -0.2) is 8.42 Å². The zero-order chi connectivity index (χ0) is 21.2. The Kier molecular flexibility index (Phi) is 6.65. The largest absolute Gasteiger partial charge is 0.360 e. The summed E-state index contributed by atoms with van der Waals surface area (Å²) in [5.41, 5.74) is 2.39. The van der Waals surface area contributed by atoms with Crippen molar-refractivity contribution in [2.24, 2.45) is 0 Å². The van der Waals surface area contributed by atoms with E-state index < -0.39 is 10.0 Å². The molecule has 0 bridgehead atoms. The number of hydrogen-bond donors (Lipinski definition) is 0. The van der Waals surface area contributed by atoms with Gasteiger partial charge in [-0.1, -0.05) is 28.9 Å². The van der Waals surface area contributed by atoms with Crippen molar-refractivity contribution in [2.75, 3.05) is 26.2 Å². The third-order valence-corrected chi connectivity index (χ3v) is 7.79. The van der Waals surface area contributed by atoms with Gasteiger partial charge in [0, 0.05) is 37.6 Å². The standard InChI is InChI=1S/C20H26ClN3O4S/c1-14-5-6-17(13-18(14)21)7-8-19(25)23-9-4-10-24(12-11-23)29(26,27)20-15(2)22-28-16(20)3/h5-6,13H,4,7-12H2,1-3H3. The zero-order valence-electron chi connectivity index (χ0n) is 16.9. The lowest BCUT2D eigenvalue weighted by Crippen LogP contribution is -2.37. The molecule has 0 saturated carbocycles. The Balaban J connectivity index is 1.62. The fourth-order valence-corrected chi connectivity index (χ4v) is 5.52. The molecule has 2 aromatic rings. The van der Waals surface area contributed by atoms with Gasteiger partial charge in [0.05, 0.1) is 0 Å². The molecule has 0 radical (unpaired) electrons. The van der Waals surface area contributed by atoms with Crippen molar-refractivity contribution in [1.82, 2.24) is 14.4 Å². The van der Waals surface area contributed by atoms with Crippen molar-refractivity contribution < 1.29 is 17.7 Å². The first-order valence-corrected chi connectivity index (χ1v) is 11.5. The number of aryl methyl sites for hydroxylation is 4. The van der Waals surface area contributed by atoms with Gasteiger partial charge in [0.25, 0.3) is 0 Å². The first kappa shape index (κ1) is 21.8. The number of sulfonamides is 1. The van der Waals surface area contributed by atoms with Crippen LogP contribution in [0.2, 0.25) is 5.02 Å². The predicted octanol–water partition coefficient (Wildman–Crippen LogP) is 3.11. The molecule has 158 valence electrons. The zero-order valence-corrected chi connectivity index (χ0v) is 18.5. The molecule has 7 nitrogen and oxygen atoms in total. The normalized spacial score (nSPS) is 16.1. The van der Waals surface area contributed by atoms with Gasteiger partial charge in [-0.3, -0.25) is 4.79 Å². The van der Waals surface area contributed by atoms with Gasteiger partial charge < -0.3 is 9.42 Å². The van der Waals surface area contributed by atoms with E-state index in [1.54, 1.807) is 18.7 Å². The average molecular weight is 440 g/mol. The molecule has 9 heteroatoms. The Hall–Kier alpha value is -1.90. The van der Waals surface area contributed by atoms with Crippen LogP contribution in [0.15, 0.2) is 27.6 Å². The van der Waals surface area contributed by atoms with E-state index in [2.05, 4.69) is 5.16 Å². The predicted molar refractivity (Wildman–Crippen MR) is 110 cm³/mol. The van der Waals surface area contributed by atoms with Crippen molar-refractivity contribution in [1.29, 1.82) is 0 Å². The molecule has 1 aliphatic heterocycles. The van der Waals surface area contributed by atoms with Gasteiger partial charge in [0.1, 0.15) is 10.6 Å². The van der Waals surface area contributed by atoms with Crippen molar-refractivity contribution in [3.05, 3.63) is 45.8 Å². The minimum Gasteiger partial charge on any atom is -0.360 e. The van der Waals surface area contributed by atoms with E-state index in [9.17, 15) is 13.2 Å². The fourth-order valence-electron chi connectivity index (χ4n) is 3.56. The second kappa shape index (κ2) is 8.85. The second-order valence-electron chi connectivity index (χ2n) is 7.38. The molecular weight excluding hydrogens is 414 g/mol. The van der Waals surface area contributed by atoms with Crippen LogP contribution in [0.25, 0.3) is 0 Å². The van der Waals surface area contributed by atoms with Crippen LogP contribution in [0.4, 0.5) is 0 Å². The van der Waals surface area contributed by atoms with Gasteiger partial charge in [-0.2, -0.15) is 4.31 Å². The Morgan fingerprint density at radius 1 is 1.17 bits per heavy atom. The number of nitrogens with zero attached hydrogens (tertiary/aromatic N) is 3. The second-order valence-corrected chi connectivity index (χ2v) is 9.66. The van der Waals surface area contributed by atoms with Gasteiger partial charge in [-0.05, 0) is 50.8 Å². The third kappa shape index (κ3) is 4.82. The topological polar surface area (TPSA) is 83.7 Å². The van der Waals surface area contributed by atoms with Crippen LogP contribution in [-0.2, 0) is 21.2 Å². The molecule has 0 atom stereocenters. The number of aromatic nitrogens is 1. The maximum atomic E-state index is 13.0. The summed E-state index contributed by atoms with van der Waals surface area (Å²) in [6.45, 7) is 6.69. The van der Waals surface area contributed by atoms with Crippen LogP contribution < -0.4 is 0 Å². The van der Waals surface area contributed by atoms with Crippen LogP contribution in [0, 0.1) is 20.8 Å². The van der Waals surface area contributed by atoms with E-state index in [-0.39, 0.29) is 23.1 Å². The maximum absolute atomic E-state index is 13.0. The molecular formula is C20H26ClN3O4S. The van der Waals surface area contributed by atoms with Gasteiger partial charge in [0.15, 0.2) is 5.76 Å². The molecule has 1 aromatic heterocycles. The number of carbonyl (C=O) groups is 1. The highest BCUT2D eigenvalue weighted by atomic mass is 35.5. The number of rotatable bonds is 5. The quantitative estimate of drug-likeness (QED) is 0.714.